The van der Waals surface area contributed by atoms with E-state index in [0.29, 0.717) is 22.8 Å². The molecular weight excluding hydrogens is 510 g/mol. The van der Waals surface area contributed by atoms with Crippen LogP contribution < -0.4 is 10.6 Å². The molecule has 0 saturated heterocycles. The van der Waals surface area contributed by atoms with Crippen LogP contribution in [0.3, 0.4) is 0 Å². The van der Waals surface area contributed by atoms with Crippen molar-refractivity contribution in [3.05, 3.63) is 47.3 Å². The van der Waals surface area contributed by atoms with Crippen LogP contribution in [-0.2, 0) is 9.53 Å². The Labute approximate surface area is 211 Å². The summed E-state index contributed by atoms with van der Waals surface area (Å²) in [6.07, 6.45) is 7.14. The lowest BCUT2D eigenvalue weighted by molar-refractivity contribution is -0.127. The highest BCUT2D eigenvalue weighted by Crippen LogP contribution is 2.29. The molecule has 0 unspecified atom stereocenters. The first-order chi connectivity index (χ1) is 17.0. The summed E-state index contributed by atoms with van der Waals surface area (Å²) in [5.74, 6) is 0.591. The summed E-state index contributed by atoms with van der Waals surface area (Å²) in [6, 6.07) is 10.1. The number of benzene rings is 1. The molecule has 3 atom stereocenters. The number of methoxy groups -OCH3 is 1. The monoisotopic (exact) mass is 537 g/mol. The molecule has 0 radical (unpaired) electrons. The number of hydrogen-bond donors (Lipinski definition) is 2. The van der Waals surface area contributed by atoms with Crippen molar-refractivity contribution >= 4 is 49.7 Å². The predicted octanol–water partition coefficient (Wildman–Crippen LogP) is 4.25. The Morgan fingerprint density at radius 3 is 3.03 bits per heavy atom. The molecule has 3 heterocycles. The molecule has 1 aliphatic rings. The van der Waals surface area contributed by atoms with Crippen molar-refractivity contribution in [1.29, 1.82) is 0 Å². The fourth-order valence-electron chi connectivity index (χ4n) is 4.71. The van der Waals surface area contributed by atoms with E-state index in [1.165, 1.54) is 0 Å². The summed E-state index contributed by atoms with van der Waals surface area (Å²) >= 11 is 3.54. The Morgan fingerprint density at radius 1 is 1.29 bits per heavy atom. The maximum absolute atomic E-state index is 12.7. The van der Waals surface area contributed by atoms with Crippen LogP contribution in [0.15, 0.2) is 47.3 Å². The first-order valence-electron chi connectivity index (χ1n) is 11.8. The maximum atomic E-state index is 12.7. The van der Waals surface area contributed by atoms with E-state index in [1.54, 1.807) is 19.5 Å². The molecule has 1 amide bonds. The van der Waals surface area contributed by atoms with Gasteiger partial charge >= 0.3 is 0 Å². The summed E-state index contributed by atoms with van der Waals surface area (Å²) < 4.78 is 7.63. The predicted molar refractivity (Wildman–Crippen MR) is 139 cm³/mol. The van der Waals surface area contributed by atoms with Crippen LogP contribution in [0.5, 0.6) is 0 Å². The van der Waals surface area contributed by atoms with Gasteiger partial charge in [-0.2, -0.15) is 10.1 Å². The molecular formula is C25H28BrN7O2. The van der Waals surface area contributed by atoms with Gasteiger partial charge in [0.2, 0.25) is 11.9 Å². The zero-order chi connectivity index (χ0) is 24.4. The van der Waals surface area contributed by atoms with Gasteiger partial charge in [0.05, 0.1) is 23.2 Å². The molecule has 10 heteroatoms. The molecule has 0 bridgehead atoms. The number of halogens is 1. The van der Waals surface area contributed by atoms with Crippen LogP contribution in [-0.4, -0.2) is 56.4 Å². The number of ether oxygens (including phenoxy) is 1. The second kappa shape index (κ2) is 10.2. The van der Waals surface area contributed by atoms with Crippen LogP contribution in [0.25, 0.3) is 27.6 Å². The Kier molecular flexibility index (Phi) is 6.92. The van der Waals surface area contributed by atoms with E-state index >= 15 is 0 Å². The minimum Gasteiger partial charge on any atom is -0.383 e. The van der Waals surface area contributed by atoms with E-state index in [4.69, 9.17) is 9.72 Å². The first-order valence-corrected chi connectivity index (χ1v) is 12.6. The van der Waals surface area contributed by atoms with Gasteiger partial charge in [-0.05, 0) is 66.4 Å². The number of anilines is 1. The lowest BCUT2D eigenvalue weighted by Gasteiger charge is -2.29. The SMILES string of the molecule is COC[C@@H](C)NC(=O)[C@@H]1CCC[C@@H](Nc2ncc3c(Br)nn(-c4ccc5ncccc5c4)c3n2)C1. The highest BCUT2D eigenvalue weighted by Gasteiger charge is 2.28. The molecule has 0 spiro atoms. The number of amides is 1. The number of nitrogens with zero attached hydrogens (tertiary/aromatic N) is 5. The van der Waals surface area contributed by atoms with Gasteiger partial charge in [0.1, 0.15) is 4.60 Å². The van der Waals surface area contributed by atoms with Crippen molar-refractivity contribution in [3.8, 4) is 5.69 Å². The van der Waals surface area contributed by atoms with E-state index in [1.807, 2.05) is 41.9 Å². The van der Waals surface area contributed by atoms with Crippen LogP contribution in [0.1, 0.15) is 32.6 Å². The smallest absolute Gasteiger partial charge is 0.224 e. The zero-order valence-electron chi connectivity index (χ0n) is 19.7. The normalized spacial score (nSPS) is 19.1. The summed E-state index contributed by atoms with van der Waals surface area (Å²) in [5.41, 5.74) is 2.53. The average Bonchev–Trinajstić information content (AvgIpc) is 3.19. The number of rotatable bonds is 7. The molecule has 2 N–H and O–H groups in total. The Hall–Kier alpha value is -3.11. The van der Waals surface area contributed by atoms with Crippen molar-refractivity contribution in [1.82, 2.24) is 30.0 Å². The second-order valence-corrected chi connectivity index (χ2v) is 9.83. The largest absolute Gasteiger partial charge is 0.383 e. The van der Waals surface area contributed by atoms with Crippen LogP contribution >= 0.6 is 15.9 Å². The van der Waals surface area contributed by atoms with Crippen LogP contribution in [0, 0.1) is 5.92 Å². The number of carbonyl (C=O) groups is 1. The number of pyridine rings is 1. The molecule has 182 valence electrons. The molecule has 0 aliphatic heterocycles. The standard InChI is InChI=1S/C25H28BrN7O2/c1-15(14-35-2)29-24(34)17-5-3-7-18(11-17)30-25-28-13-20-22(26)32-33(23(20)31-25)19-8-9-21-16(12-19)6-4-10-27-21/h4,6,8-10,12-13,15,17-18H,3,5,7,11,14H2,1-2H3,(H,29,34)(H,28,30,31)/t15-,17-,18-/m1/s1. The van der Waals surface area contributed by atoms with Crippen molar-refractivity contribution in [2.24, 2.45) is 5.92 Å². The van der Waals surface area contributed by atoms with Gasteiger partial charge in [0.25, 0.3) is 0 Å². The van der Waals surface area contributed by atoms with E-state index < -0.39 is 0 Å². The molecule has 1 aromatic carbocycles. The third kappa shape index (κ3) is 5.13. The Bertz CT molecular complexity index is 1360. The van der Waals surface area contributed by atoms with Crippen LogP contribution in [0.2, 0.25) is 0 Å². The maximum Gasteiger partial charge on any atom is 0.224 e. The van der Waals surface area contributed by atoms with E-state index in [0.717, 1.165) is 47.7 Å². The van der Waals surface area contributed by atoms with Crippen molar-refractivity contribution in [3.63, 3.8) is 0 Å². The zero-order valence-corrected chi connectivity index (χ0v) is 21.3. The number of aromatic nitrogens is 5. The van der Waals surface area contributed by atoms with E-state index in [2.05, 4.69) is 41.6 Å². The molecule has 1 fully saturated rings. The lowest BCUT2D eigenvalue weighted by atomic mass is 9.85. The van der Waals surface area contributed by atoms with Gasteiger partial charge in [-0.1, -0.05) is 12.5 Å². The fraction of sp³-hybridized carbons (Fsp3) is 0.400. The van der Waals surface area contributed by atoms with Gasteiger partial charge in [0.15, 0.2) is 5.65 Å². The van der Waals surface area contributed by atoms with Gasteiger partial charge in [-0.25, -0.2) is 9.67 Å². The summed E-state index contributed by atoms with van der Waals surface area (Å²) in [6.45, 7) is 2.46. The van der Waals surface area contributed by atoms with Gasteiger partial charge in [-0.3, -0.25) is 9.78 Å². The molecule has 5 rings (SSSR count). The number of hydrogen-bond acceptors (Lipinski definition) is 7. The molecule has 35 heavy (non-hydrogen) atoms. The number of fused-ring (bicyclic) bond motifs is 2. The van der Waals surface area contributed by atoms with Crippen molar-refractivity contribution in [2.75, 3.05) is 19.0 Å². The number of nitrogens with one attached hydrogen (secondary N) is 2. The fourth-order valence-corrected chi connectivity index (χ4v) is 5.15. The van der Waals surface area contributed by atoms with E-state index in [-0.39, 0.29) is 23.9 Å². The topological polar surface area (TPSA) is 107 Å². The highest BCUT2D eigenvalue weighted by molar-refractivity contribution is 9.10. The minimum absolute atomic E-state index is 0.00352. The molecule has 3 aromatic heterocycles. The van der Waals surface area contributed by atoms with Gasteiger partial charge in [0, 0.05) is 42.9 Å². The van der Waals surface area contributed by atoms with Gasteiger partial charge < -0.3 is 15.4 Å². The third-order valence-electron chi connectivity index (χ3n) is 6.39. The molecule has 1 aliphatic carbocycles. The minimum atomic E-state index is -0.0323. The molecule has 1 saturated carbocycles. The third-order valence-corrected chi connectivity index (χ3v) is 6.98. The van der Waals surface area contributed by atoms with Crippen LogP contribution in [0.4, 0.5) is 5.95 Å². The van der Waals surface area contributed by atoms with Crippen molar-refractivity contribution < 1.29 is 9.53 Å². The molecule has 9 nitrogen and oxygen atoms in total. The Balaban J connectivity index is 1.36. The summed E-state index contributed by atoms with van der Waals surface area (Å²) in [5, 5.41) is 13.0. The lowest BCUT2D eigenvalue weighted by Crippen LogP contribution is -2.42. The highest BCUT2D eigenvalue weighted by atomic mass is 79.9. The number of carbonyl (C=O) groups excluding carboxylic acids is 1. The van der Waals surface area contributed by atoms with Gasteiger partial charge in [-0.15, -0.1) is 0 Å². The first kappa shape index (κ1) is 23.6. The van der Waals surface area contributed by atoms with Crippen molar-refractivity contribution in [2.45, 2.75) is 44.7 Å². The Morgan fingerprint density at radius 2 is 2.17 bits per heavy atom. The molecule has 4 aromatic rings. The average molecular weight is 538 g/mol. The van der Waals surface area contributed by atoms with E-state index in [9.17, 15) is 4.79 Å². The summed E-state index contributed by atoms with van der Waals surface area (Å²) in [4.78, 5) is 26.4. The quantitative estimate of drug-likeness (QED) is 0.362. The second-order valence-electron chi connectivity index (χ2n) is 9.08. The summed E-state index contributed by atoms with van der Waals surface area (Å²) in [7, 11) is 1.64.